The number of ether oxygens (including phenoxy) is 2. The number of hydrogen-bond acceptors (Lipinski definition) is 6. The monoisotopic (exact) mass is 401 g/mol. The molecule has 1 unspecified atom stereocenters. The normalized spacial score (nSPS) is 16.9. The molecular formula is C22H27NO6. The number of aromatic hydroxyl groups is 2. The molecule has 2 rings (SSSR count). The average molecular weight is 401 g/mol. The molecule has 0 spiro atoms. The van der Waals surface area contributed by atoms with Crippen molar-refractivity contribution < 1.29 is 29.3 Å². The molecule has 0 aliphatic carbocycles. The molecule has 1 fully saturated rings. The van der Waals surface area contributed by atoms with Gasteiger partial charge in [0.05, 0.1) is 13.2 Å². The number of esters is 1. The predicted molar refractivity (Wildman–Crippen MR) is 109 cm³/mol. The lowest BCUT2D eigenvalue weighted by Gasteiger charge is -2.19. The smallest absolute Gasteiger partial charge is 0.420 e. The molecule has 1 amide bonds. The van der Waals surface area contributed by atoms with Crippen molar-refractivity contribution in [3.05, 3.63) is 53.1 Å². The minimum absolute atomic E-state index is 0.0957. The van der Waals surface area contributed by atoms with Crippen LogP contribution in [0.4, 0.5) is 4.79 Å². The van der Waals surface area contributed by atoms with Gasteiger partial charge < -0.3 is 19.7 Å². The van der Waals surface area contributed by atoms with Crippen LogP contribution in [0.25, 0.3) is 6.08 Å². The van der Waals surface area contributed by atoms with Crippen molar-refractivity contribution in [3.63, 3.8) is 0 Å². The van der Waals surface area contributed by atoms with Crippen LogP contribution in [-0.2, 0) is 14.3 Å². The van der Waals surface area contributed by atoms with Crippen LogP contribution in [0.5, 0.6) is 11.5 Å². The van der Waals surface area contributed by atoms with Gasteiger partial charge in [0.15, 0.2) is 6.23 Å². The molecule has 1 saturated heterocycles. The van der Waals surface area contributed by atoms with Crippen molar-refractivity contribution in [3.8, 4) is 11.5 Å². The van der Waals surface area contributed by atoms with Gasteiger partial charge in [-0.3, -0.25) is 4.90 Å². The van der Waals surface area contributed by atoms with Crippen molar-refractivity contribution in [1.82, 2.24) is 4.90 Å². The number of phenolic OH excluding ortho intramolecular Hbond substituents is 2. The number of carbonyl (C=O) groups excluding carboxylic acids is 2. The van der Waals surface area contributed by atoms with Crippen LogP contribution >= 0.6 is 0 Å². The first kappa shape index (κ1) is 22.2. The van der Waals surface area contributed by atoms with Gasteiger partial charge in [0.1, 0.15) is 11.5 Å². The van der Waals surface area contributed by atoms with E-state index in [-0.39, 0.29) is 11.5 Å². The summed E-state index contributed by atoms with van der Waals surface area (Å²) in [7, 11) is 0. The number of nitrogens with zero attached hydrogens (tertiary/aromatic N) is 1. The molecule has 0 bridgehead atoms. The molecule has 1 aromatic rings. The SMILES string of the molecule is CC(C)=CCCC(C)=CC1OCCN1C(=O)OC(=O)C=Cc1ccc(O)cc1O. The van der Waals surface area contributed by atoms with Gasteiger partial charge in [-0.15, -0.1) is 0 Å². The Kier molecular flexibility index (Phi) is 8.03. The van der Waals surface area contributed by atoms with Gasteiger partial charge in [-0.25, -0.2) is 9.59 Å². The first-order valence-electron chi connectivity index (χ1n) is 9.41. The molecule has 7 nitrogen and oxygen atoms in total. The summed E-state index contributed by atoms with van der Waals surface area (Å²) >= 11 is 0. The maximum atomic E-state index is 12.3. The van der Waals surface area contributed by atoms with Gasteiger partial charge in [-0.2, -0.15) is 0 Å². The zero-order valence-electron chi connectivity index (χ0n) is 16.9. The molecular weight excluding hydrogens is 374 g/mol. The van der Waals surface area contributed by atoms with Crippen LogP contribution in [0.15, 0.2) is 47.6 Å². The van der Waals surface area contributed by atoms with Gasteiger partial charge in [-0.05, 0) is 57.9 Å². The van der Waals surface area contributed by atoms with E-state index in [9.17, 15) is 19.8 Å². The van der Waals surface area contributed by atoms with E-state index in [2.05, 4.69) is 6.08 Å². The molecule has 156 valence electrons. The van der Waals surface area contributed by atoms with Crippen LogP contribution in [0.1, 0.15) is 39.2 Å². The van der Waals surface area contributed by atoms with Gasteiger partial charge in [-0.1, -0.05) is 17.2 Å². The first-order chi connectivity index (χ1) is 13.8. The maximum Gasteiger partial charge on any atom is 0.420 e. The van der Waals surface area contributed by atoms with E-state index in [1.807, 2.05) is 26.8 Å². The van der Waals surface area contributed by atoms with Gasteiger partial charge in [0.25, 0.3) is 0 Å². The number of carbonyl (C=O) groups is 2. The van der Waals surface area contributed by atoms with E-state index in [1.165, 1.54) is 28.7 Å². The highest BCUT2D eigenvalue weighted by Gasteiger charge is 2.30. The first-order valence-corrected chi connectivity index (χ1v) is 9.41. The summed E-state index contributed by atoms with van der Waals surface area (Å²) in [6, 6.07) is 3.95. The lowest BCUT2D eigenvalue weighted by Crippen LogP contribution is -2.36. The Labute approximate surface area is 170 Å². The fourth-order valence-corrected chi connectivity index (χ4v) is 2.75. The number of amides is 1. The Morgan fingerprint density at radius 3 is 2.72 bits per heavy atom. The largest absolute Gasteiger partial charge is 0.508 e. The van der Waals surface area contributed by atoms with E-state index in [1.54, 1.807) is 0 Å². The fraction of sp³-hybridized carbons (Fsp3) is 0.364. The Bertz CT molecular complexity index is 836. The van der Waals surface area contributed by atoms with E-state index in [0.717, 1.165) is 30.6 Å². The number of rotatable bonds is 6. The van der Waals surface area contributed by atoms with Crippen molar-refractivity contribution in [2.75, 3.05) is 13.2 Å². The molecule has 0 radical (unpaired) electrons. The van der Waals surface area contributed by atoms with Crippen LogP contribution < -0.4 is 0 Å². The van der Waals surface area contributed by atoms with Crippen LogP contribution in [-0.4, -0.2) is 46.6 Å². The van der Waals surface area contributed by atoms with E-state index >= 15 is 0 Å². The van der Waals surface area contributed by atoms with Crippen LogP contribution in [0.2, 0.25) is 0 Å². The number of hydrogen-bond donors (Lipinski definition) is 2. The molecule has 1 aliphatic heterocycles. The van der Waals surface area contributed by atoms with E-state index in [4.69, 9.17) is 9.47 Å². The third-order valence-corrected chi connectivity index (χ3v) is 4.28. The lowest BCUT2D eigenvalue weighted by atomic mass is 10.1. The van der Waals surface area contributed by atoms with Crippen LogP contribution in [0, 0.1) is 0 Å². The van der Waals surface area contributed by atoms with Gasteiger partial charge in [0, 0.05) is 17.7 Å². The summed E-state index contributed by atoms with van der Waals surface area (Å²) in [6.45, 7) is 6.76. The Morgan fingerprint density at radius 1 is 1.28 bits per heavy atom. The minimum atomic E-state index is -0.864. The molecule has 7 heteroatoms. The highest BCUT2D eigenvalue weighted by Crippen LogP contribution is 2.23. The molecule has 1 heterocycles. The molecule has 29 heavy (non-hydrogen) atoms. The van der Waals surface area contributed by atoms with Crippen molar-refractivity contribution in [1.29, 1.82) is 0 Å². The van der Waals surface area contributed by atoms with Crippen molar-refractivity contribution in [2.45, 2.75) is 39.8 Å². The van der Waals surface area contributed by atoms with Gasteiger partial charge in [0.2, 0.25) is 0 Å². The number of allylic oxidation sites excluding steroid dienone is 3. The molecule has 0 saturated carbocycles. The molecule has 1 aromatic carbocycles. The lowest BCUT2D eigenvalue weighted by molar-refractivity contribution is -0.133. The van der Waals surface area contributed by atoms with E-state index < -0.39 is 18.3 Å². The molecule has 1 atom stereocenters. The second kappa shape index (κ2) is 10.5. The van der Waals surface area contributed by atoms with Crippen molar-refractivity contribution in [2.24, 2.45) is 0 Å². The molecule has 0 aromatic heterocycles. The molecule has 1 aliphatic rings. The summed E-state index contributed by atoms with van der Waals surface area (Å²) in [6.07, 6.45) is 6.77. The third-order valence-electron chi connectivity index (χ3n) is 4.28. The minimum Gasteiger partial charge on any atom is -0.508 e. The second-order valence-electron chi connectivity index (χ2n) is 7.05. The van der Waals surface area contributed by atoms with Crippen LogP contribution in [0.3, 0.4) is 0 Å². The maximum absolute atomic E-state index is 12.3. The quantitative estimate of drug-likeness (QED) is 0.322. The highest BCUT2D eigenvalue weighted by atomic mass is 16.6. The second-order valence-corrected chi connectivity index (χ2v) is 7.05. The summed E-state index contributed by atoms with van der Waals surface area (Å²) in [5, 5.41) is 19.0. The van der Waals surface area contributed by atoms with Gasteiger partial charge >= 0.3 is 12.1 Å². The average Bonchev–Trinajstić information content (AvgIpc) is 3.08. The van der Waals surface area contributed by atoms with E-state index in [0.29, 0.717) is 18.7 Å². The zero-order chi connectivity index (χ0) is 21.4. The fourth-order valence-electron chi connectivity index (χ4n) is 2.75. The summed E-state index contributed by atoms with van der Waals surface area (Å²) < 4.78 is 10.4. The highest BCUT2D eigenvalue weighted by molar-refractivity contribution is 5.94. The Hall–Kier alpha value is -3.06. The topological polar surface area (TPSA) is 96.3 Å². The Morgan fingerprint density at radius 2 is 2.03 bits per heavy atom. The summed E-state index contributed by atoms with van der Waals surface area (Å²) in [5.74, 6) is -1.15. The van der Waals surface area contributed by atoms with Crippen molar-refractivity contribution >= 4 is 18.1 Å². The summed E-state index contributed by atoms with van der Waals surface area (Å²) in [5.41, 5.74) is 2.65. The Balaban J connectivity index is 1.93. The third kappa shape index (κ3) is 7.12. The standard InChI is InChI=1S/C22H27NO6/c1-15(2)5-4-6-16(3)13-20-23(11-12-28-20)22(27)29-21(26)10-8-17-7-9-18(24)14-19(17)25/h5,7-10,13-14,20,24-25H,4,6,11-12H2,1-3H3. The number of phenols is 2. The molecule has 2 N–H and O–H groups in total. The zero-order valence-corrected chi connectivity index (χ0v) is 16.9. The predicted octanol–water partition coefficient (Wildman–Crippen LogP) is 4.13. The summed E-state index contributed by atoms with van der Waals surface area (Å²) in [4.78, 5) is 25.6. The number of benzene rings is 1.